The molecule has 1 fully saturated rings. The Hall–Kier alpha value is -2.93. The Balaban J connectivity index is 1.57. The highest BCUT2D eigenvalue weighted by Gasteiger charge is 2.24. The first kappa shape index (κ1) is 24.2. The molecule has 2 aromatic heterocycles. The van der Waals surface area contributed by atoms with Gasteiger partial charge in [-0.2, -0.15) is 0 Å². The first-order valence-electron chi connectivity index (χ1n) is 11.9. The molecule has 0 spiro atoms. The van der Waals surface area contributed by atoms with Gasteiger partial charge < -0.3 is 10.6 Å². The van der Waals surface area contributed by atoms with E-state index in [1.165, 1.54) is 18.2 Å². The molecule has 0 amide bonds. The van der Waals surface area contributed by atoms with Crippen molar-refractivity contribution in [3.63, 3.8) is 0 Å². The summed E-state index contributed by atoms with van der Waals surface area (Å²) < 4.78 is 44.1. The van der Waals surface area contributed by atoms with Crippen molar-refractivity contribution < 1.29 is 13.2 Å². The van der Waals surface area contributed by atoms with Crippen LogP contribution >= 0.6 is 0 Å². The third-order valence-corrected chi connectivity index (χ3v) is 6.34. The summed E-state index contributed by atoms with van der Waals surface area (Å²) in [6, 6.07) is 7.44. The van der Waals surface area contributed by atoms with Gasteiger partial charge in [-0.3, -0.25) is 4.98 Å². The number of aromatic nitrogens is 2. The highest BCUT2D eigenvalue weighted by molar-refractivity contribution is 5.62. The lowest BCUT2D eigenvalue weighted by molar-refractivity contribution is 0.401. The maximum atomic E-state index is 14.7. The Morgan fingerprint density at radius 1 is 1.00 bits per heavy atom. The third-order valence-electron chi connectivity index (χ3n) is 6.34. The van der Waals surface area contributed by atoms with E-state index in [1.807, 2.05) is 19.2 Å². The van der Waals surface area contributed by atoms with Crippen molar-refractivity contribution in [1.29, 1.82) is 0 Å². The molecule has 0 unspecified atom stereocenters. The third kappa shape index (κ3) is 5.41. The number of nitrogens with two attached hydrogens (primary N) is 1. The van der Waals surface area contributed by atoms with Gasteiger partial charge in [0.25, 0.3) is 0 Å². The Kier molecular flexibility index (Phi) is 7.51. The number of piperidine rings is 1. The number of nitrogens with zero attached hydrogens (tertiary/aromatic N) is 3. The number of benzene rings is 1. The quantitative estimate of drug-likeness (QED) is 0.500. The molecule has 4 rings (SSSR count). The van der Waals surface area contributed by atoms with Crippen LogP contribution in [0.25, 0.3) is 11.3 Å². The van der Waals surface area contributed by atoms with Gasteiger partial charge in [0, 0.05) is 42.9 Å². The Bertz CT molecular complexity index is 1120. The lowest BCUT2D eigenvalue weighted by atomic mass is 9.95. The molecule has 2 N–H and O–H groups in total. The van der Waals surface area contributed by atoms with Crippen LogP contribution in [-0.4, -0.2) is 29.1 Å². The van der Waals surface area contributed by atoms with Gasteiger partial charge in [0.2, 0.25) is 0 Å². The Morgan fingerprint density at radius 2 is 1.76 bits per heavy atom. The van der Waals surface area contributed by atoms with Gasteiger partial charge in [0.15, 0.2) is 0 Å². The topological polar surface area (TPSA) is 55.0 Å². The fraction of sp³-hybridized carbons (Fsp3) is 0.407. The highest BCUT2D eigenvalue weighted by atomic mass is 19.1. The van der Waals surface area contributed by atoms with Gasteiger partial charge in [-0.25, -0.2) is 18.2 Å². The minimum atomic E-state index is -0.794. The number of hydrogen-bond donors (Lipinski definition) is 1. The molecule has 0 saturated carbocycles. The summed E-state index contributed by atoms with van der Waals surface area (Å²) in [6.45, 7) is 5.84. The number of rotatable bonds is 7. The lowest BCUT2D eigenvalue weighted by Gasteiger charge is -2.37. The molecule has 0 bridgehead atoms. The van der Waals surface area contributed by atoms with Crippen LogP contribution in [-0.2, 0) is 19.3 Å². The summed E-state index contributed by atoms with van der Waals surface area (Å²) in [4.78, 5) is 10.9. The van der Waals surface area contributed by atoms with Crippen molar-refractivity contribution in [2.24, 2.45) is 11.7 Å². The molecule has 34 heavy (non-hydrogen) atoms. The second-order valence-electron chi connectivity index (χ2n) is 9.33. The summed E-state index contributed by atoms with van der Waals surface area (Å²) in [5, 5.41) is 0. The highest BCUT2D eigenvalue weighted by Crippen LogP contribution is 2.30. The van der Waals surface area contributed by atoms with Crippen LogP contribution < -0.4 is 10.6 Å². The van der Waals surface area contributed by atoms with Crippen LogP contribution in [0.3, 0.4) is 0 Å². The smallest absolute Gasteiger partial charge is 0.149 e. The molecule has 3 heterocycles. The number of halogens is 3. The first-order chi connectivity index (χ1) is 16.4. The number of anilines is 1. The fourth-order valence-electron chi connectivity index (χ4n) is 4.86. The molecule has 3 aromatic rings. The van der Waals surface area contributed by atoms with E-state index < -0.39 is 23.0 Å². The van der Waals surface area contributed by atoms with E-state index in [4.69, 9.17) is 5.73 Å². The minimum absolute atomic E-state index is 0.125. The molecule has 2 atom stereocenters. The van der Waals surface area contributed by atoms with E-state index in [9.17, 15) is 13.2 Å². The van der Waals surface area contributed by atoms with Crippen molar-refractivity contribution >= 4 is 5.69 Å². The molecule has 0 radical (unpaired) electrons. The zero-order valence-corrected chi connectivity index (χ0v) is 19.7. The van der Waals surface area contributed by atoms with E-state index in [-0.39, 0.29) is 11.7 Å². The standard InChI is InChI=1S/C27H31F3N4/c1-3-4-18-12-23(29)26(24(30)13-18)27-22(28)8-7-21(33-27)6-5-19-14-32-10-9-25(19)34-15-17(2)11-20(31)16-34/h7-10,12-14,17,20H,3-6,11,15-16,31H2,1-2H3/t17-,20+/m1/s1. The minimum Gasteiger partial charge on any atom is -0.369 e. The number of hydrogen-bond acceptors (Lipinski definition) is 4. The molecule has 0 aliphatic carbocycles. The van der Waals surface area contributed by atoms with Gasteiger partial charge in [-0.1, -0.05) is 20.3 Å². The van der Waals surface area contributed by atoms with Gasteiger partial charge in [-0.15, -0.1) is 0 Å². The summed E-state index contributed by atoms with van der Waals surface area (Å²) in [5.74, 6) is -1.84. The molecule has 1 saturated heterocycles. The average Bonchev–Trinajstić information content (AvgIpc) is 2.78. The molecular weight excluding hydrogens is 437 g/mol. The van der Waals surface area contributed by atoms with E-state index in [1.54, 1.807) is 12.3 Å². The summed E-state index contributed by atoms with van der Waals surface area (Å²) >= 11 is 0. The van der Waals surface area contributed by atoms with Crippen LogP contribution in [0.5, 0.6) is 0 Å². The zero-order chi connectivity index (χ0) is 24.2. The van der Waals surface area contributed by atoms with Crippen LogP contribution in [0.2, 0.25) is 0 Å². The molecule has 1 aliphatic heterocycles. The summed E-state index contributed by atoms with van der Waals surface area (Å²) in [6.07, 6.45) is 7.02. The fourth-order valence-corrected chi connectivity index (χ4v) is 4.86. The molecule has 1 aliphatic rings. The van der Waals surface area contributed by atoms with E-state index >= 15 is 0 Å². The number of aryl methyl sites for hydroxylation is 3. The Labute approximate surface area is 199 Å². The van der Waals surface area contributed by atoms with Gasteiger partial charge in [-0.05, 0) is 73.1 Å². The zero-order valence-electron chi connectivity index (χ0n) is 19.7. The molecule has 7 heteroatoms. The second-order valence-corrected chi connectivity index (χ2v) is 9.33. The van der Waals surface area contributed by atoms with Crippen LogP contribution in [0.15, 0.2) is 42.7 Å². The van der Waals surface area contributed by atoms with Gasteiger partial charge in [0.1, 0.15) is 23.1 Å². The van der Waals surface area contributed by atoms with Crippen molar-refractivity contribution in [3.05, 3.63) is 77.0 Å². The summed E-state index contributed by atoms with van der Waals surface area (Å²) in [7, 11) is 0. The summed E-state index contributed by atoms with van der Waals surface area (Å²) in [5.41, 5.74) is 8.76. The SMILES string of the molecule is CCCc1cc(F)c(-c2nc(CCc3cnccc3N3C[C@H](C)C[C@H](N)C3)ccc2F)c(F)c1. The van der Waals surface area contributed by atoms with Crippen molar-refractivity contribution in [2.75, 3.05) is 18.0 Å². The van der Waals surface area contributed by atoms with Crippen molar-refractivity contribution in [2.45, 2.75) is 52.0 Å². The molecule has 4 nitrogen and oxygen atoms in total. The largest absolute Gasteiger partial charge is 0.369 e. The van der Waals surface area contributed by atoms with Crippen LogP contribution in [0, 0.1) is 23.4 Å². The van der Waals surface area contributed by atoms with Crippen LogP contribution in [0.4, 0.5) is 18.9 Å². The van der Waals surface area contributed by atoms with Crippen molar-refractivity contribution in [3.8, 4) is 11.3 Å². The normalized spacial score (nSPS) is 18.4. The van der Waals surface area contributed by atoms with E-state index in [0.717, 1.165) is 37.2 Å². The monoisotopic (exact) mass is 468 g/mol. The van der Waals surface area contributed by atoms with Crippen molar-refractivity contribution in [1.82, 2.24) is 9.97 Å². The van der Waals surface area contributed by atoms with Crippen LogP contribution in [0.1, 0.15) is 43.5 Å². The number of pyridine rings is 2. The maximum absolute atomic E-state index is 14.7. The van der Waals surface area contributed by atoms with E-state index in [0.29, 0.717) is 36.4 Å². The molecule has 180 valence electrons. The van der Waals surface area contributed by atoms with Gasteiger partial charge >= 0.3 is 0 Å². The second kappa shape index (κ2) is 10.6. The maximum Gasteiger partial charge on any atom is 0.149 e. The Morgan fingerprint density at radius 3 is 2.47 bits per heavy atom. The predicted octanol–water partition coefficient (Wildman–Crippen LogP) is 5.47. The molecule has 1 aromatic carbocycles. The average molecular weight is 469 g/mol. The first-order valence-corrected chi connectivity index (χ1v) is 11.9. The lowest BCUT2D eigenvalue weighted by Crippen LogP contribution is -2.46. The van der Waals surface area contributed by atoms with Gasteiger partial charge in [0.05, 0.1) is 5.56 Å². The van der Waals surface area contributed by atoms with E-state index in [2.05, 4.69) is 21.8 Å². The predicted molar refractivity (Wildman–Crippen MR) is 129 cm³/mol. The molecular formula is C27H31F3N4.